The molecule has 2 aliphatic rings. The third-order valence-corrected chi connectivity index (χ3v) is 2.35. The van der Waals surface area contributed by atoms with Crippen LogP contribution in [-0.2, 0) is 0 Å². The Morgan fingerprint density at radius 1 is 1.27 bits per heavy atom. The molecule has 0 aromatic carbocycles. The van der Waals surface area contributed by atoms with E-state index in [4.69, 9.17) is 0 Å². The lowest BCUT2D eigenvalue weighted by molar-refractivity contribution is 0.230. The average Bonchev–Trinajstić information content (AvgIpc) is 2.34. The maximum absolute atomic E-state index is 10.7. The Labute approximate surface area is 65.1 Å². The highest BCUT2D eigenvalue weighted by Crippen LogP contribution is 2.31. The molecule has 60 valence electrons. The Balaban J connectivity index is 2.10. The Hall–Kier alpha value is -0.930. The number of urea groups is 1. The Bertz CT molecular complexity index is 206. The lowest BCUT2D eigenvalue weighted by Gasteiger charge is -2.28. The lowest BCUT2D eigenvalue weighted by atomic mass is 9.90. The monoisotopic (exact) mass is 153 g/mol. The van der Waals surface area contributed by atoms with Crippen molar-refractivity contribution >= 4 is 6.03 Å². The second-order valence-electron chi connectivity index (χ2n) is 3.22. The van der Waals surface area contributed by atoms with Crippen molar-refractivity contribution in [2.75, 3.05) is 0 Å². The number of nitrogens with one attached hydrogen (secondary N) is 1. The van der Waals surface area contributed by atoms with E-state index in [2.05, 4.69) is 15.5 Å². The van der Waals surface area contributed by atoms with Crippen LogP contribution in [0.2, 0.25) is 0 Å². The van der Waals surface area contributed by atoms with Gasteiger partial charge in [-0.05, 0) is 25.7 Å². The number of hydrogen-bond acceptors (Lipinski definition) is 2. The van der Waals surface area contributed by atoms with Crippen molar-refractivity contribution in [1.29, 1.82) is 0 Å². The summed E-state index contributed by atoms with van der Waals surface area (Å²) in [5.74, 6) is 0. The van der Waals surface area contributed by atoms with Crippen LogP contribution in [0, 0.1) is 0 Å². The molecule has 2 amide bonds. The van der Waals surface area contributed by atoms with Crippen molar-refractivity contribution in [1.82, 2.24) is 5.32 Å². The summed E-state index contributed by atoms with van der Waals surface area (Å²) < 4.78 is 0. The van der Waals surface area contributed by atoms with Crippen LogP contribution in [0.15, 0.2) is 10.2 Å². The van der Waals surface area contributed by atoms with Crippen LogP contribution in [0.3, 0.4) is 0 Å². The predicted molar refractivity (Wildman–Crippen MR) is 39.2 cm³/mol. The summed E-state index contributed by atoms with van der Waals surface area (Å²) in [6.45, 7) is 0. The summed E-state index contributed by atoms with van der Waals surface area (Å²) in [5, 5.41) is 10.3. The maximum Gasteiger partial charge on any atom is 0.361 e. The molecule has 0 unspecified atom stereocenters. The normalized spacial score (nSPS) is 27.5. The van der Waals surface area contributed by atoms with Gasteiger partial charge < -0.3 is 5.32 Å². The zero-order chi connectivity index (χ0) is 7.73. The first-order chi connectivity index (χ1) is 5.31. The highest BCUT2D eigenvalue weighted by Gasteiger charge is 2.37. The molecule has 1 saturated carbocycles. The van der Waals surface area contributed by atoms with Gasteiger partial charge in [-0.25, -0.2) is 4.79 Å². The number of carbonyl (C=O) groups excluding carboxylic acids is 1. The summed E-state index contributed by atoms with van der Waals surface area (Å²) in [7, 11) is 0. The minimum Gasteiger partial charge on any atom is -0.309 e. The average molecular weight is 153 g/mol. The third kappa shape index (κ3) is 1.13. The molecule has 0 bridgehead atoms. The predicted octanol–water partition coefficient (Wildman–Crippen LogP) is 1.82. The van der Waals surface area contributed by atoms with Gasteiger partial charge in [0.05, 0.1) is 0 Å². The van der Waals surface area contributed by atoms with E-state index in [0.717, 1.165) is 25.7 Å². The molecule has 1 aliphatic carbocycles. The van der Waals surface area contributed by atoms with Gasteiger partial charge in [0.15, 0.2) is 5.66 Å². The van der Waals surface area contributed by atoms with E-state index in [1.165, 1.54) is 6.42 Å². The molecule has 2 rings (SSSR count). The van der Waals surface area contributed by atoms with Gasteiger partial charge >= 0.3 is 6.03 Å². The molecular weight excluding hydrogens is 142 g/mol. The second kappa shape index (κ2) is 2.29. The molecule has 4 nitrogen and oxygen atoms in total. The first-order valence-corrected chi connectivity index (χ1v) is 4.06. The van der Waals surface area contributed by atoms with Crippen LogP contribution in [0.5, 0.6) is 0 Å². The second-order valence-corrected chi connectivity index (χ2v) is 3.22. The molecule has 1 N–H and O–H groups in total. The molecule has 0 aromatic heterocycles. The van der Waals surface area contributed by atoms with Crippen LogP contribution < -0.4 is 5.32 Å². The zero-order valence-electron chi connectivity index (χ0n) is 6.34. The Morgan fingerprint density at radius 2 is 2.00 bits per heavy atom. The molecule has 1 aliphatic heterocycles. The molecule has 0 saturated heterocycles. The first kappa shape index (κ1) is 6.76. The molecule has 0 radical (unpaired) electrons. The third-order valence-electron chi connectivity index (χ3n) is 2.35. The number of amides is 2. The highest BCUT2D eigenvalue weighted by atomic mass is 16.2. The molecule has 1 fully saturated rings. The molecule has 11 heavy (non-hydrogen) atoms. The van der Waals surface area contributed by atoms with Gasteiger partial charge in [0.2, 0.25) is 0 Å². The lowest BCUT2D eigenvalue weighted by Crippen LogP contribution is -2.42. The van der Waals surface area contributed by atoms with Crippen LogP contribution in [0.25, 0.3) is 0 Å². The fourth-order valence-electron chi connectivity index (χ4n) is 1.75. The standard InChI is InChI=1S/C7H11N3O/c11-6-8-7(10-9-6)4-2-1-3-5-7/h1-5H2,(H,8,11). The van der Waals surface area contributed by atoms with E-state index in [0.29, 0.717) is 0 Å². The summed E-state index contributed by atoms with van der Waals surface area (Å²) in [5.41, 5.74) is -0.296. The minimum absolute atomic E-state index is 0.271. The van der Waals surface area contributed by atoms with E-state index >= 15 is 0 Å². The van der Waals surface area contributed by atoms with Gasteiger partial charge in [-0.3, -0.25) is 0 Å². The van der Waals surface area contributed by atoms with Gasteiger partial charge in [0, 0.05) is 0 Å². The summed E-state index contributed by atoms with van der Waals surface area (Å²) in [4.78, 5) is 10.7. The van der Waals surface area contributed by atoms with E-state index in [9.17, 15) is 4.79 Å². The molecule has 1 spiro atoms. The Kier molecular flexibility index (Phi) is 1.41. The number of carbonyl (C=O) groups is 1. The van der Waals surface area contributed by atoms with E-state index < -0.39 is 0 Å². The van der Waals surface area contributed by atoms with Gasteiger partial charge in [-0.1, -0.05) is 11.5 Å². The van der Waals surface area contributed by atoms with Crippen molar-refractivity contribution in [2.45, 2.75) is 37.8 Å². The fourth-order valence-corrected chi connectivity index (χ4v) is 1.75. The van der Waals surface area contributed by atoms with Crippen LogP contribution in [0.4, 0.5) is 4.79 Å². The summed E-state index contributed by atoms with van der Waals surface area (Å²) in [6.07, 6.45) is 5.48. The minimum atomic E-state index is -0.296. The molecule has 1 heterocycles. The van der Waals surface area contributed by atoms with E-state index in [1.54, 1.807) is 0 Å². The zero-order valence-corrected chi connectivity index (χ0v) is 6.34. The van der Waals surface area contributed by atoms with E-state index in [-0.39, 0.29) is 11.7 Å². The van der Waals surface area contributed by atoms with Crippen molar-refractivity contribution in [3.8, 4) is 0 Å². The Morgan fingerprint density at radius 3 is 2.55 bits per heavy atom. The van der Waals surface area contributed by atoms with Crippen molar-refractivity contribution in [3.63, 3.8) is 0 Å². The van der Waals surface area contributed by atoms with Crippen molar-refractivity contribution in [2.24, 2.45) is 10.2 Å². The largest absolute Gasteiger partial charge is 0.361 e. The SMILES string of the molecule is O=C1N=NC2(CCCCC2)N1. The van der Waals surface area contributed by atoms with Crippen LogP contribution >= 0.6 is 0 Å². The molecule has 0 aromatic rings. The smallest absolute Gasteiger partial charge is 0.309 e. The number of rotatable bonds is 0. The van der Waals surface area contributed by atoms with Crippen LogP contribution in [-0.4, -0.2) is 11.7 Å². The van der Waals surface area contributed by atoms with Gasteiger partial charge in [0.25, 0.3) is 0 Å². The topological polar surface area (TPSA) is 53.8 Å². The van der Waals surface area contributed by atoms with Gasteiger partial charge in [0.1, 0.15) is 0 Å². The maximum atomic E-state index is 10.7. The van der Waals surface area contributed by atoms with Crippen molar-refractivity contribution < 1.29 is 4.79 Å². The number of nitrogens with zero attached hydrogens (tertiary/aromatic N) is 2. The number of azo groups is 1. The molecular formula is C7H11N3O. The summed E-state index contributed by atoms with van der Waals surface area (Å²) >= 11 is 0. The van der Waals surface area contributed by atoms with Gasteiger partial charge in [-0.15, -0.1) is 0 Å². The summed E-state index contributed by atoms with van der Waals surface area (Å²) in [6, 6.07) is -0.271. The van der Waals surface area contributed by atoms with Gasteiger partial charge in [-0.2, -0.15) is 5.11 Å². The van der Waals surface area contributed by atoms with Crippen LogP contribution in [0.1, 0.15) is 32.1 Å². The number of hydrogen-bond donors (Lipinski definition) is 1. The molecule has 4 heteroatoms. The van der Waals surface area contributed by atoms with Crippen molar-refractivity contribution in [3.05, 3.63) is 0 Å². The fraction of sp³-hybridized carbons (Fsp3) is 0.857. The van der Waals surface area contributed by atoms with E-state index in [1.807, 2.05) is 0 Å². The molecule has 0 atom stereocenters. The quantitative estimate of drug-likeness (QED) is 0.567. The first-order valence-electron chi connectivity index (χ1n) is 4.06. The highest BCUT2D eigenvalue weighted by molar-refractivity contribution is 5.76.